The Balaban J connectivity index is 0. The lowest BCUT2D eigenvalue weighted by molar-refractivity contribution is -0.119. The number of nitrogens with one attached hydrogen (secondary N) is 1. The van der Waals surface area contributed by atoms with Crippen LogP contribution in [-0.2, 0) is 4.79 Å². The highest BCUT2D eigenvalue weighted by Crippen LogP contribution is 1.41. The van der Waals surface area contributed by atoms with E-state index in [1.54, 1.807) is 0 Å². The first-order valence-electron chi connectivity index (χ1n) is 1.24. The van der Waals surface area contributed by atoms with E-state index in [1.165, 1.54) is 6.92 Å². The molecular formula is C2H8N2O2. The van der Waals surface area contributed by atoms with Crippen molar-refractivity contribution in [2.45, 2.75) is 6.92 Å². The van der Waals surface area contributed by atoms with Gasteiger partial charge in [-0.1, -0.05) is 0 Å². The van der Waals surface area contributed by atoms with Gasteiger partial charge in [0.2, 0.25) is 5.91 Å². The summed E-state index contributed by atoms with van der Waals surface area (Å²) in [5.41, 5.74) is 1.89. The third kappa shape index (κ3) is 10.0. The van der Waals surface area contributed by atoms with E-state index in [1.807, 2.05) is 5.43 Å². The number of nitrogens with two attached hydrogens (primary N) is 1. The monoisotopic (exact) mass is 92.1 g/mol. The SMILES string of the molecule is CC(=O)NN.O. The van der Waals surface area contributed by atoms with Crippen molar-refractivity contribution in [1.29, 1.82) is 0 Å². The highest BCUT2D eigenvalue weighted by molar-refractivity contribution is 5.71. The maximum atomic E-state index is 9.58. The van der Waals surface area contributed by atoms with E-state index in [9.17, 15) is 4.79 Å². The van der Waals surface area contributed by atoms with Gasteiger partial charge in [-0.05, 0) is 0 Å². The molecule has 0 aliphatic rings. The van der Waals surface area contributed by atoms with Crippen molar-refractivity contribution in [2.24, 2.45) is 5.84 Å². The molecule has 4 heteroatoms. The molecule has 4 nitrogen and oxygen atoms in total. The zero-order chi connectivity index (χ0) is 4.28. The van der Waals surface area contributed by atoms with Gasteiger partial charge in [-0.2, -0.15) is 0 Å². The number of amides is 1. The molecule has 0 fully saturated rings. The van der Waals surface area contributed by atoms with Gasteiger partial charge in [0.1, 0.15) is 0 Å². The zero-order valence-corrected chi connectivity index (χ0v) is 3.49. The average molecular weight is 92.1 g/mol. The van der Waals surface area contributed by atoms with Crippen molar-refractivity contribution in [2.75, 3.05) is 0 Å². The predicted molar refractivity (Wildman–Crippen MR) is 21.6 cm³/mol. The number of hydrogen-bond acceptors (Lipinski definition) is 2. The number of rotatable bonds is 0. The molecule has 0 heterocycles. The normalized spacial score (nSPS) is 5.67. The summed E-state index contributed by atoms with van der Waals surface area (Å²) in [6, 6.07) is 0. The Hall–Kier alpha value is -0.610. The van der Waals surface area contributed by atoms with E-state index in [4.69, 9.17) is 0 Å². The van der Waals surface area contributed by atoms with Crippen LogP contribution < -0.4 is 11.3 Å². The Morgan fingerprint density at radius 2 is 2.00 bits per heavy atom. The molecule has 0 spiro atoms. The second kappa shape index (κ2) is 4.39. The van der Waals surface area contributed by atoms with E-state index in [2.05, 4.69) is 5.84 Å². The Morgan fingerprint density at radius 1 is 1.83 bits per heavy atom. The first-order valence-corrected chi connectivity index (χ1v) is 1.24. The fraction of sp³-hybridized carbons (Fsp3) is 0.500. The van der Waals surface area contributed by atoms with Gasteiger partial charge in [0.25, 0.3) is 0 Å². The molecule has 0 bridgehead atoms. The number of carbonyl (C=O) groups is 1. The van der Waals surface area contributed by atoms with Crippen LogP contribution in [0.4, 0.5) is 0 Å². The van der Waals surface area contributed by atoms with E-state index < -0.39 is 0 Å². The van der Waals surface area contributed by atoms with Crippen LogP contribution >= 0.6 is 0 Å². The van der Waals surface area contributed by atoms with Crippen molar-refractivity contribution < 1.29 is 10.3 Å². The fourth-order valence-electron chi connectivity index (χ4n) is 0. The summed E-state index contributed by atoms with van der Waals surface area (Å²) in [6.07, 6.45) is 0. The maximum Gasteiger partial charge on any atom is 0.230 e. The molecule has 38 valence electrons. The third-order valence-corrected chi connectivity index (χ3v) is 0.203. The summed E-state index contributed by atoms with van der Waals surface area (Å²) in [4.78, 5) is 9.58. The highest BCUT2D eigenvalue weighted by Gasteiger charge is 1.73. The van der Waals surface area contributed by atoms with Crippen LogP contribution in [-0.4, -0.2) is 11.4 Å². The van der Waals surface area contributed by atoms with Crippen LogP contribution in [0.25, 0.3) is 0 Å². The molecular weight excluding hydrogens is 84.0 g/mol. The molecule has 1 amide bonds. The average Bonchev–Trinajstić information content (AvgIpc) is 1.38. The Morgan fingerprint density at radius 3 is 2.00 bits per heavy atom. The summed E-state index contributed by atoms with van der Waals surface area (Å²) in [5, 5.41) is 0. The number of hydrazine groups is 1. The summed E-state index contributed by atoms with van der Waals surface area (Å²) < 4.78 is 0. The van der Waals surface area contributed by atoms with Gasteiger partial charge in [0, 0.05) is 6.92 Å². The van der Waals surface area contributed by atoms with Crippen LogP contribution in [0.5, 0.6) is 0 Å². The maximum absolute atomic E-state index is 9.58. The minimum absolute atomic E-state index is 0. The Kier molecular flexibility index (Phi) is 6.61. The lowest BCUT2D eigenvalue weighted by Crippen LogP contribution is -2.26. The van der Waals surface area contributed by atoms with Gasteiger partial charge in [0.15, 0.2) is 0 Å². The van der Waals surface area contributed by atoms with Crippen molar-refractivity contribution in [3.05, 3.63) is 0 Å². The molecule has 0 aromatic rings. The molecule has 0 rings (SSSR count). The first kappa shape index (κ1) is 9.04. The standard InChI is InChI=1S/C2H6N2O.H2O/c1-2(5)4-3;/h3H2,1H3,(H,4,5);1H2. The molecule has 6 heavy (non-hydrogen) atoms. The van der Waals surface area contributed by atoms with Crippen LogP contribution in [0, 0.1) is 0 Å². The van der Waals surface area contributed by atoms with E-state index in [0.29, 0.717) is 0 Å². The zero-order valence-electron chi connectivity index (χ0n) is 3.49. The topological polar surface area (TPSA) is 86.6 Å². The molecule has 5 N–H and O–H groups in total. The smallest absolute Gasteiger partial charge is 0.230 e. The second-order valence-corrected chi connectivity index (χ2v) is 0.701. The number of hydrogen-bond donors (Lipinski definition) is 2. The molecule has 0 unspecified atom stereocenters. The van der Waals surface area contributed by atoms with Crippen molar-refractivity contribution in [3.63, 3.8) is 0 Å². The van der Waals surface area contributed by atoms with Gasteiger partial charge in [0.05, 0.1) is 0 Å². The van der Waals surface area contributed by atoms with Gasteiger partial charge >= 0.3 is 0 Å². The lowest BCUT2D eigenvalue weighted by atomic mass is 10.8. The summed E-state index contributed by atoms with van der Waals surface area (Å²) in [5.74, 6) is 4.35. The molecule has 0 radical (unpaired) electrons. The van der Waals surface area contributed by atoms with Crippen LogP contribution in [0.1, 0.15) is 6.92 Å². The number of carbonyl (C=O) groups excluding carboxylic acids is 1. The van der Waals surface area contributed by atoms with Crippen molar-refractivity contribution in [1.82, 2.24) is 5.43 Å². The summed E-state index contributed by atoms with van der Waals surface area (Å²) in [7, 11) is 0. The molecule has 0 saturated carbocycles. The molecule has 0 aliphatic heterocycles. The minimum atomic E-state index is -0.218. The molecule has 0 aliphatic carbocycles. The molecule has 0 saturated heterocycles. The fourth-order valence-corrected chi connectivity index (χ4v) is 0. The van der Waals surface area contributed by atoms with Gasteiger partial charge < -0.3 is 5.48 Å². The Labute approximate surface area is 35.6 Å². The lowest BCUT2D eigenvalue weighted by Gasteiger charge is -1.80. The van der Waals surface area contributed by atoms with Crippen LogP contribution in [0.2, 0.25) is 0 Å². The molecule has 0 aromatic carbocycles. The van der Waals surface area contributed by atoms with E-state index in [-0.39, 0.29) is 11.4 Å². The van der Waals surface area contributed by atoms with Crippen molar-refractivity contribution in [3.8, 4) is 0 Å². The molecule has 0 aromatic heterocycles. The first-order chi connectivity index (χ1) is 2.27. The van der Waals surface area contributed by atoms with Gasteiger partial charge in [-0.3, -0.25) is 10.2 Å². The second-order valence-electron chi connectivity index (χ2n) is 0.701. The van der Waals surface area contributed by atoms with Crippen molar-refractivity contribution >= 4 is 5.91 Å². The van der Waals surface area contributed by atoms with Gasteiger partial charge in [-0.25, -0.2) is 5.84 Å². The van der Waals surface area contributed by atoms with E-state index in [0.717, 1.165) is 0 Å². The van der Waals surface area contributed by atoms with Crippen LogP contribution in [0.3, 0.4) is 0 Å². The van der Waals surface area contributed by atoms with E-state index >= 15 is 0 Å². The predicted octanol–water partition coefficient (Wildman–Crippen LogP) is -1.83. The largest absolute Gasteiger partial charge is 0.412 e. The third-order valence-electron chi connectivity index (χ3n) is 0.203. The minimum Gasteiger partial charge on any atom is -0.412 e. The Bertz CT molecular complexity index is 44.8. The molecule has 0 atom stereocenters. The van der Waals surface area contributed by atoms with Crippen LogP contribution in [0.15, 0.2) is 0 Å². The van der Waals surface area contributed by atoms with Gasteiger partial charge in [-0.15, -0.1) is 0 Å². The quantitative estimate of drug-likeness (QED) is 0.209. The summed E-state index contributed by atoms with van der Waals surface area (Å²) in [6.45, 7) is 1.35. The highest BCUT2D eigenvalue weighted by atomic mass is 16.2. The summed E-state index contributed by atoms with van der Waals surface area (Å²) >= 11 is 0.